The van der Waals surface area contributed by atoms with Crippen LogP contribution in [-0.2, 0) is 0 Å². The van der Waals surface area contributed by atoms with E-state index < -0.39 is 0 Å². The number of hydrogen-bond donors (Lipinski definition) is 1. The second kappa shape index (κ2) is 6.38. The van der Waals surface area contributed by atoms with Crippen LogP contribution in [0.2, 0.25) is 0 Å². The Bertz CT molecular complexity index is 1030. The van der Waals surface area contributed by atoms with Gasteiger partial charge in [-0.15, -0.1) is 11.3 Å². The summed E-state index contributed by atoms with van der Waals surface area (Å²) in [5.41, 5.74) is 2.88. The van der Waals surface area contributed by atoms with Gasteiger partial charge in [0.1, 0.15) is 10.7 Å². The fraction of sp³-hybridized carbons (Fsp3) is 0.176. The van der Waals surface area contributed by atoms with Crippen molar-refractivity contribution in [3.63, 3.8) is 0 Å². The molecule has 25 heavy (non-hydrogen) atoms. The molecule has 126 valence electrons. The Morgan fingerprint density at radius 1 is 1.28 bits per heavy atom. The molecule has 0 saturated carbocycles. The van der Waals surface area contributed by atoms with Crippen molar-refractivity contribution in [1.82, 2.24) is 19.7 Å². The van der Waals surface area contributed by atoms with E-state index >= 15 is 0 Å². The molecule has 4 aromatic heterocycles. The molecule has 0 saturated heterocycles. The second-order valence-electron chi connectivity index (χ2n) is 5.82. The molecule has 0 aromatic carbocycles. The Hall–Kier alpha value is -2.58. The summed E-state index contributed by atoms with van der Waals surface area (Å²) in [5, 5.41) is 14.7. The summed E-state index contributed by atoms with van der Waals surface area (Å²) in [6.45, 7) is 4.11. The van der Waals surface area contributed by atoms with Crippen molar-refractivity contribution in [3.8, 4) is 10.6 Å². The van der Waals surface area contributed by atoms with Crippen LogP contribution < -0.4 is 5.32 Å². The van der Waals surface area contributed by atoms with Crippen molar-refractivity contribution in [1.29, 1.82) is 0 Å². The minimum atomic E-state index is -0.241. The van der Waals surface area contributed by atoms with Gasteiger partial charge >= 0.3 is 0 Å². The van der Waals surface area contributed by atoms with Gasteiger partial charge in [-0.05, 0) is 31.4 Å². The summed E-state index contributed by atoms with van der Waals surface area (Å²) in [6.07, 6.45) is 3.41. The molecule has 0 aliphatic rings. The minimum Gasteiger partial charge on any atom is -0.319 e. The Morgan fingerprint density at radius 2 is 2.16 bits per heavy atom. The average Bonchev–Trinajstić information content (AvgIpc) is 3.33. The smallest absolute Gasteiger partial charge is 0.275 e. The molecule has 0 aliphatic carbocycles. The number of anilines is 1. The maximum atomic E-state index is 12.4. The standard InChI is InChI=1S/C17H15N5OS2/c1-10(2)22-15-12(6-19-22)5-13(7-18-15)20-16(23)14-9-25-17(21-14)11-3-4-24-8-11/h3-10H,1-2H3,(H,20,23). The predicted octanol–water partition coefficient (Wildman–Crippen LogP) is 4.45. The number of hydrogen-bond acceptors (Lipinski definition) is 6. The molecular weight excluding hydrogens is 354 g/mol. The zero-order valence-corrected chi connectivity index (χ0v) is 15.3. The molecule has 1 N–H and O–H groups in total. The van der Waals surface area contributed by atoms with E-state index in [0.29, 0.717) is 11.4 Å². The first-order chi connectivity index (χ1) is 12.1. The van der Waals surface area contributed by atoms with Gasteiger partial charge in [0.25, 0.3) is 5.91 Å². The van der Waals surface area contributed by atoms with Gasteiger partial charge in [0.05, 0.1) is 18.1 Å². The van der Waals surface area contributed by atoms with Crippen LogP contribution in [0.25, 0.3) is 21.6 Å². The molecule has 4 aromatic rings. The van der Waals surface area contributed by atoms with Gasteiger partial charge in [-0.3, -0.25) is 4.79 Å². The van der Waals surface area contributed by atoms with Crippen molar-refractivity contribution in [3.05, 3.63) is 46.4 Å². The number of amides is 1. The lowest BCUT2D eigenvalue weighted by atomic mass is 10.3. The monoisotopic (exact) mass is 369 g/mol. The van der Waals surface area contributed by atoms with Crippen molar-refractivity contribution in [2.45, 2.75) is 19.9 Å². The summed E-state index contributed by atoms with van der Waals surface area (Å²) >= 11 is 3.07. The van der Waals surface area contributed by atoms with Crippen LogP contribution in [0.5, 0.6) is 0 Å². The Kier molecular flexibility index (Phi) is 4.06. The van der Waals surface area contributed by atoms with Gasteiger partial charge in [0.2, 0.25) is 0 Å². The molecule has 4 heterocycles. The fourth-order valence-corrected chi connectivity index (χ4v) is 3.99. The topological polar surface area (TPSA) is 72.7 Å². The number of carbonyl (C=O) groups excluding carboxylic acids is 1. The van der Waals surface area contributed by atoms with Gasteiger partial charge in [-0.1, -0.05) is 0 Å². The molecular formula is C17H15N5OS2. The van der Waals surface area contributed by atoms with Crippen molar-refractivity contribution in [2.24, 2.45) is 0 Å². The minimum absolute atomic E-state index is 0.232. The van der Waals surface area contributed by atoms with Crippen molar-refractivity contribution >= 4 is 45.3 Å². The lowest BCUT2D eigenvalue weighted by Crippen LogP contribution is -2.12. The number of thiophene rings is 1. The van der Waals surface area contributed by atoms with Crippen molar-refractivity contribution in [2.75, 3.05) is 5.32 Å². The van der Waals surface area contributed by atoms with Crippen LogP contribution in [0, 0.1) is 0 Å². The van der Waals surface area contributed by atoms with Gasteiger partial charge in [-0.25, -0.2) is 14.6 Å². The summed E-state index contributed by atoms with van der Waals surface area (Å²) in [7, 11) is 0. The first-order valence-electron chi connectivity index (χ1n) is 7.74. The highest BCUT2D eigenvalue weighted by molar-refractivity contribution is 7.14. The van der Waals surface area contributed by atoms with Crippen LogP contribution >= 0.6 is 22.7 Å². The number of rotatable bonds is 4. The molecule has 0 unspecified atom stereocenters. The maximum absolute atomic E-state index is 12.4. The number of carbonyl (C=O) groups is 1. The lowest BCUT2D eigenvalue weighted by Gasteiger charge is -2.07. The van der Waals surface area contributed by atoms with Crippen LogP contribution in [0.15, 0.2) is 40.7 Å². The highest BCUT2D eigenvalue weighted by atomic mass is 32.1. The van der Waals surface area contributed by atoms with E-state index in [9.17, 15) is 4.79 Å². The normalized spacial score (nSPS) is 11.3. The zero-order chi connectivity index (χ0) is 17.4. The van der Waals surface area contributed by atoms with Gasteiger partial charge in [0, 0.05) is 27.8 Å². The number of nitrogens with zero attached hydrogens (tertiary/aromatic N) is 4. The highest BCUT2D eigenvalue weighted by Crippen LogP contribution is 2.26. The summed E-state index contributed by atoms with van der Waals surface area (Å²) in [4.78, 5) is 21.3. The van der Waals surface area contributed by atoms with E-state index in [2.05, 4.69) is 34.2 Å². The molecule has 0 spiro atoms. The van der Waals surface area contributed by atoms with E-state index in [4.69, 9.17) is 0 Å². The Morgan fingerprint density at radius 3 is 2.92 bits per heavy atom. The third kappa shape index (κ3) is 3.06. The van der Waals surface area contributed by atoms with Crippen LogP contribution in [0.4, 0.5) is 5.69 Å². The maximum Gasteiger partial charge on any atom is 0.275 e. The SMILES string of the molecule is CC(C)n1ncc2cc(NC(=O)c3csc(-c4ccsc4)n3)cnc21. The quantitative estimate of drug-likeness (QED) is 0.577. The first-order valence-corrected chi connectivity index (χ1v) is 9.57. The van der Waals surface area contributed by atoms with Gasteiger partial charge in [0.15, 0.2) is 5.65 Å². The molecule has 4 rings (SSSR count). The number of thiazole rings is 1. The third-order valence-corrected chi connectivity index (χ3v) is 5.26. The van der Waals surface area contributed by atoms with Crippen molar-refractivity contribution < 1.29 is 4.79 Å². The molecule has 8 heteroatoms. The molecule has 6 nitrogen and oxygen atoms in total. The zero-order valence-electron chi connectivity index (χ0n) is 13.6. The van der Waals surface area contributed by atoms with E-state index in [1.807, 2.05) is 27.6 Å². The fourth-order valence-electron chi connectivity index (χ4n) is 2.48. The summed E-state index contributed by atoms with van der Waals surface area (Å²) in [5.74, 6) is -0.241. The van der Waals surface area contributed by atoms with E-state index in [0.717, 1.165) is 21.6 Å². The first kappa shape index (κ1) is 15.9. The number of pyridine rings is 1. The predicted molar refractivity (Wildman–Crippen MR) is 101 cm³/mol. The van der Waals surface area contributed by atoms with Gasteiger partial charge in [-0.2, -0.15) is 16.4 Å². The Balaban J connectivity index is 1.55. The molecule has 0 aliphatic heterocycles. The molecule has 0 bridgehead atoms. The van der Waals surface area contributed by atoms with Crippen LogP contribution in [0.3, 0.4) is 0 Å². The molecule has 0 fully saturated rings. The number of nitrogens with one attached hydrogen (secondary N) is 1. The van der Waals surface area contributed by atoms with E-state index in [1.165, 1.54) is 11.3 Å². The Labute approximate surface area is 152 Å². The lowest BCUT2D eigenvalue weighted by molar-refractivity contribution is 0.102. The van der Waals surface area contributed by atoms with Gasteiger partial charge < -0.3 is 5.32 Å². The number of aromatic nitrogens is 4. The molecule has 0 radical (unpaired) electrons. The largest absolute Gasteiger partial charge is 0.319 e. The van der Waals surface area contributed by atoms with Crippen LogP contribution in [-0.4, -0.2) is 25.7 Å². The number of fused-ring (bicyclic) bond motifs is 1. The van der Waals surface area contributed by atoms with Crippen LogP contribution in [0.1, 0.15) is 30.4 Å². The highest BCUT2D eigenvalue weighted by Gasteiger charge is 2.14. The molecule has 0 atom stereocenters. The summed E-state index contributed by atoms with van der Waals surface area (Å²) < 4.78 is 1.86. The average molecular weight is 369 g/mol. The third-order valence-electron chi connectivity index (χ3n) is 3.69. The van der Waals surface area contributed by atoms with E-state index in [-0.39, 0.29) is 11.9 Å². The molecule has 1 amide bonds. The second-order valence-corrected chi connectivity index (χ2v) is 7.46. The van der Waals surface area contributed by atoms with E-state index in [1.54, 1.807) is 29.1 Å². The summed E-state index contributed by atoms with van der Waals surface area (Å²) in [6, 6.07) is 4.10.